The molecule has 0 radical (unpaired) electrons. The summed E-state index contributed by atoms with van der Waals surface area (Å²) in [6.45, 7) is 3.65. The maximum Gasteiger partial charge on any atom is 0.217 e. The van der Waals surface area contributed by atoms with Crippen LogP contribution in [0, 0.1) is 0 Å². The van der Waals surface area contributed by atoms with E-state index in [2.05, 4.69) is 56.6 Å². The van der Waals surface area contributed by atoms with Gasteiger partial charge in [-0.3, -0.25) is 4.79 Å². The summed E-state index contributed by atoms with van der Waals surface area (Å²) in [5.41, 5.74) is 2.57. The van der Waals surface area contributed by atoms with Crippen LogP contribution >= 0.6 is 0 Å². The van der Waals surface area contributed by atoms with Gasteiger partial charge in [0.1, 0.15) is 12.1 Å². The lowest BCUT2D eigenvalue weighted by atomic mass is 9.78. The lowest BCUT2D eigenvalue weighted by molar-refractivity contribution is -0.120. The van der Waals surface area contributed by atoms with Crippen LogP contribution in [0.1, 0.15) is 55.7 Å². The van der Waals surface area contributed by atoms with Crippen LogP contribution in [0.5, 0.6) is 0 Å². The molecule has 26 heavy (non-hydrogen) atoms. The maximum atomic E-state index is 11.1. The van der Waals surface area contributed by atoms with Crippen LogP contribution in [-0.4, -0.2) is 35.0 Å². The highest BCUT2D eigenvalue weighted by Crippen LogP contribution is 2.37. The molecule has 136 valence electrons. The lowest BCUT2D eigenvalue weighted by Crippen LogP contribution is -2.42. The van der Waals surface area contributed by atoms with E-state index < -0.39 is 0 Å². The Morgan fingerprint density at radius 3 is 2.50 bits per heavy atom. The number of aromatic nitrogens is 2. The highest BCUT2D eigenvalue weighted by Gasteiger charge is 2.32. The van der Waals surface area contributed by atoms with Gasteiger partial charge < -0.3 is 10.2 Å². The number of carbonyl (C=O) groups excluding carboxylic acids is 1. The van der Waals surface area contributed by atoms with E-state index in [0.29, 0.717) is 17.9 Å². The van der Waals surface area contributed by atoms with Crippen molar-refractivity contribution in [1.82, 2.24) is 15.3 Å². The minimum absolute atomic E-state index is 0.0538. The summed E-state index contributed by atoms with van der Waals surface area (Å²) in [5, 5.41) is 2.98. The van der Waals surface area contributed by atoms with Crippen molar-refractivity contribution in [3.63, 3.8) is 0 Å². The molecular formula is C21H26N4O. The van der Waals surface area contributed by atoms with Crippen LogP contribution in [0.2, 0.25) is 0 Å². The van der Waals surface area contributed by atoms with Gasteiger partial charge in [0, 0.05) is 43.7 Å². The molecule has 5 heteroatoms. The van der Waals surface area contributed by atoms with E-state index in [0.717, 1.165) is 50.3 Å². The van der Waals surface area contributed by atoms with Crippen molar-refractivity contribution in [1.29, 1.82) is 0 Å². The van der Waals surface area contributed by atoms with Crippen molar-refractivity contribution >= 4 is 11.7 Å². The van der Waals surface area contributed by atoms with E-state index in [1.807, 2.05) is 0 Å². The topological polar surface area (TPSA) is 58.1 Å². The number of carbonyl (C=O) groups is 1. The van der Waals surface area contributed by atoms with Crippen molar-refractivity contribution in [2.24, 2.45) is 0 Å². The second-order valence-electron chi connectivity index (χ2n) is 7.54. The average Bonchev–Trinajstić information content (AvgIpc) is 2.65. The molecule has 0 bridgehead atoms. The molecule has 1 aliphatic heterocycles. The monoisotopic (exact) mass is 350 g/mol. The fourth-order valence-corrected chi connectivity index (χ4v) is 4.19. The molecule has 2 heterocycles. The molecule has 4 rings (SSSR count). The Bertz CT molecular complexity index is 750. The number of amides is 1. The zero-order valence-corrected chi connectivity index (χ0v) is 15.3. The molecule has 1 aromatic carbocycles. The maximum absolute atomic E-state index is 11.1. The number of anilines is 1. The number of hydrogen-bond acceptors (Lipinski definition) is 4. The molecule has 1 amide bonds. The fourth-order valence-electron chi connectivity index (χ4n) is 4.19. The van der Waals surface area contributed by atoms with Gasteiger partial charge in [-0.25, -0.2) is 9.97 Å². The molecule has 1 saturated carbocycles. The number of benzene rings is 1. The molecular weight excluding hydrogens is 324 g/mol. The van der Waals surface area contributed by atoms with Crippen LogP contribution in [0.4, 0.5) is 5.82 Å². The van der Waals surface area contributed by atoms with Gasteiger partial charge in [-0.05, 0) is 37.2 Å². The Kier molecular flexibility index (Phi) is 4.87. The first-order valence-electron chi connectivity index (χ1n) is 9.58. The number of nitrogens with zero attached hydrogens (tertiary/aromatic N) is 3. The zero-order chi connectivity index (χ0) is 17.9. The summed E-state index contributed by atoms with van der Waals surface area (Å²) in [5.74, 6) is 2.19. The van der Waals surface area contributed by atoms with Gasteiger partial charge in [0.05, 0.1) is 0 Å². The molecule has 2 aromatic rings. The van der Waals surface area contributed by atoms with Gasteiger partial charge in [0.25, 0.3) is 0 Å². The number of nitrogens with one attached hydrogen (secondary N) is 1. The second kappa shape index (κ2) is 7.44. The quantitative estimate of drug-likeness (QED) is 0.920. The smallest absolute Gasteiger partial charge is 0.217 e. The first-order chi connectivity index (χ1) is 12.7. The van der Waals surface area contributed by atoms with Gasteiger partial charge in [-0.15, -0.1) is 0 Å². The highest BCUT2D eigenvalue weighted by molar-refractivity contribution is 5.73. The van der Waals surface area contributed by atoms with Gasteiger partial charge >= 0.3 is 0 Å². The van der Waals surface area contributed by atoms with E-state index in [-0.39, 0.29) is 5.91 Å². The third kappa shape index (κ3) is 3.71. The SMILES string of the molecule is CC(=O)NC1CC(c2cc(N3CCC(c4ccccc4)CC3)ncn2)C1. The van der Waals surface area contributed by atoms with Crippen LogP contribution < -0.4 is 10.2 Å². The summed E-state index contributed by atoms with van der Waals surface area (Å²) >= 11 is 0. The van der Waals surface area contributed by atoms with Crippen LogP contribution in [0.15, 0.2) is 42.7 Å². The number of hydrogen-bond donors (Lipinski definition) is 1. The molecule has 1 saturated heterocycles. The average molecular weight is 350 g/mol. The number of piperidine rings is 1. The van der Waals surface area contributed by atoms with Crippen molar-refractivity contribution in [3.05, 3.63) is 54.0 Å². The molecule has 1 aromatic heterocycles. The standard InChI is InChI=1S/C21H26N4O/c1-15(26)24-19-11-18(12-19)20-13-21(23-14-22-20)25-9-7-17(8-10-25)16-5-3-2-4-6-16/h2-6,13-14,17-19H,7-12H2,1H3,(H,24,26). The van der Waals surface area contributed by atoms with Crippen molar-refractivity contribution in [2.45, 2.75) is 50.5 Å². The molecule has 2 aliphatic rings. The highest BCUT2D eigenvalue weighted by atomic mass is 16.1. The van der Waals surface area contributed by atoms with Gasteiger partial charge in [-0.2, -0.15) is 0 Å². The molecule has 0 spiro atoms. The molecule has 0 unspecified atom stereocenters. The Labute approximate surface area is 154 Å². The van der Waals surface area contributed by atoms with E-state index in [1.165, 1.54) is 5.56 Å². The van der Waals surface area contributed by atoms with E-state index in [4.69, 9.17) is 0 Å². The third-order valence-electron chi connectivity index (χ3n) is 5.73. The first-order valence-corrected chi connectivity index (χ1v) is 9.58. The zero-order valence-electron chi connectivity index (χ0n) is 15.3. The predicted molar refractivity (Wildman–Crippen MR) is 102 cm³/mol. The van der Waals surface area contributed by atoms with Crippen molar-refractivity contribution < 1.29 is 4.79 Å². The fraction of sp³-hybridized carbons (Fsp3) is 0.476. The van der Waals surface area contributed by atoms with Crippen molar-refractivity contribution in [2.75, 3.05) is 18.0 Å². The third-order valence-corrected chi connectivity index (χ3v) is 5.73. The van der Waals surface area contributed by atoms with Gasteiger partial charge in [0.15, 0.2) is 0 Å². The Morgan fingerprint density at radius 1 is 1.08 bits per heavy atom. The summed E-state index contributed by atoms with van der Waals surface area (Å²) in [6, 6.07) is 13.3. The molecule has 1 aliphatic carbocycles. The summed E-state index contributed by atoms with van der Waals surface area (Å²) in [7, 11) is 0. The van der Waals surface area contributed by atoms with Gasteiger partial charge in [-0.1, -0.05) is 30.3 Å². The molecule has 2 fully saturated rings. The van der Waals surface area contributed by atoms with Gasteiger partial charge in [0.2, 0.25) is 5.91 Å². The minimum atomic E-state index is 0.0538. The normalized spacial score (nSPS) is 23.3. The Morgan fingerprint density at radius 2 is 1.81 bits per heavy atom. The first kappa shape index (κ1) is 17.0. The second-order valence-corrected chi connectivity index (χ2v) is 7.54. The van der Waals surface area contributed by atoms with E-state index >= 15 is 0 Å². The Hall–Kier alpha value is -2.43. The van der Waals surface area contributed by atoms with E-state index in [1.54, 1.807) is 13.3 Å². The molecule has 0 atom stereocenters. The van der Waals surface area contributed by atoms with Crippen molar-refractivity contribution in [3.8, 4) is 0 Å². The molecule has 1 N–H and O–H groups in total. The molecule has 5 nitrogen and oxygen atoms in total. The summed E-state index contributed by atoms with van der Waals surface area (Å²) in [6.07, 6.45) is 5.98. The summed E-state index contributed by atoms with van der Waals surface area (Å²) < 4.78 is 0. The minimum Gasteiger partial charge on any atom is -0.356 e. The Balaban J connectivity index is 1.35. The predicted octanol–water partition coefficient (Wildman–Crippen LogP) is 3.24. The van der Waals surface area contributed by atoms with E-state index in [9.17, 15) is 4.79 Å². The lowest BCUT2D eigenvalue weighted by Gasteiger charge is -2.36. The van der Waals surface area contributed by atoms with Crippen LogP contribution in [0.25, 0.3) is 0 Å². The van der Waals surface area contributed by atoms with Crippen LogP contribution in [0.3, 0.4) is 0 Å². The number of rotatable bonds is 4. The largest absolute Gasteiger partial charge is 0.356 e. The van der Waals surface area contributed by atoms with Crippen LogP contribution in [-0.2, 0) is 4.79 Å². The summed E-state index contributed by atoms with van der Waals surface area (Å²) in [4.78, 5) is 22.5.